The molecule has 2 aromatic carbocycles. The summed E-state index contributed by atoms with van der Waals surface area (Å²) in [6.07, 6.45) is 0. The number of rotatable bonds is 7. The van der Waals surface area contributed by atoms with E-state index in [9.17, 15) is 18.4 Å². The molecule has 1 unspecified atom stereocenters. The fourth-order valence-electron chi connectivity index (χ4n) is 3.13. The van der Waals surface area contributed by atoms with Crippen LogP contribution in [-0.2, 0) is 4.79 Å². The molecule has 0 bridgehead atoms. The summed E-state index contributed by atoms with van der Waals surface area (Å²) in [6, 6.07) is 11.1. The van der Waals surface area contributed by atoms with Crippen LogP contribution in [0, 0.1) is 31.4 Å². The van der Waals surface area contributed by atoms with Gasteiger partial charge >= 0.3 is 0 Å². The van der Waals surface area contributed by atoms with Crippen LogP contribution in [0.15, 0.2) is 58.6 Å². The van der Waals surface area contributed by atoms with Crippen molar-refractivity contribution in [3.63, 3.8) is 0 Å². The van der Waals surface area contributed by atoms with E-state index < -0.39 is 35.1 Å². The number of carbonyl (C=O) groups excluding carboxylic acids is 2. The van der Waals surface area contributed by atoms with Crippen LogP contribution in [-0.4, -0.2) is 27.8 Å². The predicted octanol–water partition coefficient (Wildman–Crippen LogP) is 4.92. The van der Waals surface area contributed by atoms with Crippen LogP contribution in [0.1, 0.15) is 35.6 Å². The SMILES string of the molecule is Cc1cc(C)nc(Sc2ccc(NC(=O)C(NC(=O)c3c(F)cccc3F)C(C)C)cc2)n1. The number of aromatic nitrogens is 2. The van der Waals surface area contributed by atoms with Gasteiger partial charge in [-0.15, -0.1) is 0 Å². The maximum absolute atomic E-state index is 13.9. The molecule has 0 radical (unpaired) electrons. The Kier molecular flexibility index (Phi) is 7.75. The fourth-order valence-corrected chi connectivity index (χ4v) is 4.00. The van der Waals surface area contributed by atoms with Crippen molar-refractivity contribution in [2.45, 2.75) is 43.8 Å². The van der Waals surface area contributed by atoms with Crippen LogP contribution in [0.4, 0.5) is 14.5 Å². The average Bonchev–Trinajstić information content (AvgIpc) is 2.72. The van der Waals surface area contributed by atoms with Crippen LogP contribution in [0.3, 0.4) is 0 Å². The second kappa shape index (κ2) is 10.5. The summed E-state index contributed by atoms with van der Waals surface area (Å²) in [5.74, 6) is -3.78. The van der Waals surface area contributed by atoms with Gasteiger partial charge in [0.2, 0.25) is 5.91 Å². The molecule has 3 rings (SSSR count). The minimum atomic E-state index is -0.991. The number of hydrogen-bond acceptors (Lipinski definition) is 5. The van der Waals surface area contributed by atoms with E-state index in [0.717, 1.165) is 28.4 Å². The number of nitrogens with zero attached hydrogens (tertiary/aromatic N) is 2. The molecule has 172 valence electrons. The topological polar surface area (TPSA) is 84.0 Å². The second-order valence-electron chi connectivity index (χ2n) is 7.84. The largest absolute Gasteiger partial charge is 0.340 e. The molecular weight excluding hydrogens is 446 g/mol. The monoisotopic (exact) mass is 470 g/mol. The molecule has 2 amide bonds. The Labute approximate surface area is 195 Å². The van der Waals surface area contributed by atoms with Crippen molar-refractivity contribution in [2.24, 2.45) is 5.92 Å². The van der Waals surface area contributed by atoms with Gasteiger partial charge in [0.1, 0.15) is 23.2 Å². The number of aryl methyl sites for hydroxylation is 2. The molecule has 0 aliphatic rings. The quantitative estimate of drug-likeness (QED) is 0.479. The number of anilines is 1. The average molecular weight is 471 g/mol. The van der Waals surface area contributed by atoms with Crippen molar-refractivity contribution < 1.29 is 18.4 Å². The van der Waals surface area contributed by atoms with E-state index in [-0.39, 0.29) is 5.92 Å². The van der Waals surface area contributed by atoms with Gasteiger partial charge in [0.05, 0.1) is 0 Å². The third-order valence-electron chi connectivity index (χ3n) is 4.72. The summed E-state index contributed by atoms with van der Waals surface area (Å²) < 4.78 is 27.9. The summed E-state index contributed by atoms with van der Waals surface area (Å²) in [5.41, 5.74) is 1.56. The smallest absolute Gasteiger partial charge is 0.257 e. The number of nitrogens with one attached hydrogen (secondary N) is 2. The molecule has 6 nitrogen and oxygen atoms in total. The molecule has 33 heavy (non-hydrogen) atoms. The van der Waals surface area contributed by atoms with Crippen LogP contribution in [0.5, 0.6) is 0 Å². The molecule has 0 fully saturated rings. The zero-order valence-electron chi connectivity index (χ0n) is 18.6. The zero-order chi connectivity index (χ0) is 24.1. The highest BCUT2D eigenvalue weighted by Crippen LogP contribution is 2.26. The van der Waals surface area contributed by atoms with Crippen molar-refractivity contribution in [1.29, 1.82) is 0 Å². The number of amides is 2. The summed E-state index contributed by atoms with van der Waals surface area (Å²) in [6.45, 7) is 7.27. The van der Waals surface area contributed by atoms with E-state index in [2.05, 4.69) is 20.6 Å². The maximum atomic E-state index is 13.9. The second-order valence-corrected chi connectivity index (χ2v) is 8.88. The predicted molar refractivity (Wildman–Crippen MR) is 123 cm³/mol. The van der Waals surface area contributed by atoms with Crippen LogP contribution < -0.4 is 10.6 Å². The molecule has 3 aromatic rings. The third-order valence-corrected chi connectivity index (χ3v) is 5.59. The third kappa shape index (κ3) is 6.35. The molecule has 0 saturated heterocycles. The Morgan fingerprint density at radius 2 is 1.52 bits per heavy atom. The first-order valence-corrected chi connectivity index (χ1v) is 11.1. The molecular formula is C24H24F2N4O2S. The van der Waals surface area contributed by atoms with Gasteiger partial charge in [-0.1, -0.05) is 19.9 Å². The van der Waals surface area contributed by atoms with Gasteiger partial charge in [-0.25, -0.2) is 18.7 Å². The van der Waals surface area contributed by atoms with E-state index in [0.29, 0.717) is 10.8 Å². The summed E-state index contributed by atoms with van der Waals surface area (Å²) in [7, 11) is 0. The molecule has 0 saturated carbocycles. The molecule has 0 aliphatic heterocycles. The van der Waals surface area contributed by atoms with Gasteiger partial charge in [-0.2, -0.15) is 0 Å². The lowest BCUT2D eigenvalue weighted by Gasteiger charge is -2.22. The van der Waals surface area contributed by atoms with Crippen molar-refractivity contribution in [3.05, 3.63) is 77.1 Å². The Bertz CT molecular complexity index is 1130. The standard InChI is InChI=1S/C24H24F2N4O2S/c1-13(2)21(30-22(31)20-18(25)6-5-7-19(20)26)23(32)29-16-8-10-17(11-9-16)33-24-27-14(3)12-15(4)28-24/h5-13,21H,1-4H3,(H,29,32)(H,30,31). The first-order valence-electron chi connectivity index (χ1n) is 10.3. The lowest BCUT2D eigenvalue weighted by molar-refractivity contribution is -0.118. The minimum absolute atomic E-state index is 0.319. The van der Waals surface area contributed by atoms with Crippen LogP contribution in [0.2, 0.25) is 0 Å². The van der Waals surface area contributed by atoms with Gasteiger partial charge in [0, 0.05) is 22.0 Å². The van der Waals surface area contributed by atoms with Gasteiger partial charge < -0.3 is 10.6 Å². The summed E-state index contributed by atoms with van der Waals surface area (Å²) in [4.78, 5) is 34.9. The molecule has 1 heterocycles. The summed E-state index contributed by atoms with van der Waals surface area (Å²) in [5, 5.41) is 5.81. The number of carbonyl (C=O) groups is 2. The Morgan fingerprint density at radius 1 is 0.939 bits per heavy atom. The first kappa shape index (κ1) is 24.3. The Morgan fingerprint density at radius 3 is 2.06 bits per heavy atom. The molecule has 9 heteroatoms. The van der Waals surface area contributed by atoms with E-state index in [1.165, 1.54) is 17.8 Å². The van der Waals surface area contributed by atoms with E-state index >= 15 is 0 Å². The van der Waals surface area contributed by atoms with Crippen molar-refractivity contribution in [1.82, 2.24) is 15.3 Å². The lowest BCUT2D eigenvalue weighted by Crippen LogP contribution is -2.47. The molecule has 0 spiro atoms. The highest BCUT2D eigenvalue weighted by molar-refractivity contribution is 7.99. The highest BCUT2D eigenvalue weighted by Gasteiger charge is 2.27. The minimum Gasteiger partial charge on any atom is -0.340 e. The molecule has 1 atom stereocenters. The first-order chi connectivity index (χ1) is 15.6. The summed E-state index contributed by atoms with van der Waals surface area (Å²) >= 11 is 1.40. The normalized spacial score (nSPS) is 11.8. The van der Waals surface area contributed by atoms with E-state index in [1.54, 1.807) is 26.0 Å². The Balaban J connectivity index is 1.68. The van der Waals surface area contributed by atoms with Gasteiger partial charge in [0.25, 0.3) is 5.91 Å². The maximum Gasteiger partial charge on any atom is 0.257 e. The molecule has 1 aromatic heterocycles. The zero-order valence-corrected chi connectivity index (χ0v) is 19.5. The number of hydrogen-bond donors (Lipinski definition) is 2. The van der Waals surface area contributed by atoms with E-state index in [4.69, 9.17) is 0 Å². The molecule has 2 N–H and O–H groups in total. The van der Waals surface area contributed by atoms with Crippen LogP contribution in [0.25, 0.3) is 0 Å². The number of benzene rings is 2. The van der Waals surface area contributed by atoms with Crippen molar-refractivity contribution >= 4 is 29.3 Å². The number of halogens is 2. The highest BCUT2D eigenvalue weighted by atomic mass is 32.2. The van der Waals surface area contributed by atoms with Gasteiger partial charge in [-0.3, -0.25) is 9.59 Å². The Hall–Kier alpha value is -3.33. The molecule has 0 aliphatic carbocycles. The van der Waals surface area contributed by atoms with Crippen LogP contribution >= 0.6 is 11.8 Å². The van der Waals surface area contributed by atoms with Crippen molar-refractivity contribution in [2.75, 3.05) is 5.32 Å². The van der Waals surface area contributed by atoms with E-state index in [1.807, 2.05) is 32.0 Å². The lowest BCUT2D eigenvalue weighted by atomic mass is 10.0. The van der Waals surface area contributed by atoms with Gasteiger partial charge in [0.15, 0.2) is 5.16 Å². The van der Waals surface area contributed by atoms with Gasteiger partial charge in [-0.05, 0) is 74.0 Å². The fraction of sp³-hybridized carbons (Fsp3) is 0.250. The van der Waals surface area contributed by atoms with Crippen molar-refractivity contribution in [3.8, 4) is 0 Å².